The van der Waals surface area contributed by atoms with E-state index in [1.54, 1.807) is 13.0 Å². The topological polar surface area (TPSA) is 76.4 Å². The number of amides is 2. The van der Waals surface area contributed by atoms with Crippen molar-refractivity contribution in [2.45, 2.75) is 63.1 Å². The van der Waals surface area contributed by atoms with Gasteiger partial charge in [-0.3, -0.25) is 0 Å². The molecule has 3 aromatic rings. The van der Waals surface area contributed by atoms with Gasteiger partial charge in [0.05, 0.1) is 11.2 Å². The molecule has 6 nitrogen and oxygen atoms in total. The van der Waals surface area contributed by atoms with E-state index >= 15 is 0 Å². The Morgan fingerprint density at radius 1 is 1.05 bits per heavy atom. The number of aromatic nitrogens is 1. The normalized spacial score (nSPS) is 15.9. The van der Waals surface area contributed by atoms with Gasteiger partial charge >= 0.3 is 18.6 Å². The average Bonchev–Trinajstić information content (AvgIpc) is 3.49. The van der Waals surface area contributed by atoms with Crippen LogP contribution in [0.5, 0.6) is 5.75 Å². The fourth-order valence-corrected chi connectivity index (χ4v) is 4.61. The zero-order chi connectivity index (χ0) is 27.5. The molecule has 0 saturated heterocycles. The number of carbonyl (C=O) groups excluding carboxylic acids is 1. The Bertz CT molecular complexity index is 1260. The fourth-order valence-electron chi connectivity index (χ4n) is 4.61. The van der Waals surface area contributed by atoms with Gasteiger partial charge in [0.1, 0.15) is 23.1 Å². The van der Waals surface area contributed by atoms with E-state index in [9.17, 15) is 31.1 Å². The smallest absolute Gasteiger partial charge is 0.428 e. The summed E-state index contributed by atoms with van der Waals surface area (Å²) in [4.78, 5) is 13.2. The number of ether oxygens (including phenoxy) is 1. The van der Waals surface area contributed by atoms with Crippen LogP contribution in [0, 0.1) is 18.6 Å². The SMILES string of the molecule is Cc1cc(C[C@](NC(=O)NC2CCCC2)(c2ccc(F)cc2)c2cc(F)cc(OC(F)(F)C(F)F)c2)on1. The Labute approximate surface area is 214 Å². The molecular formula is C26H25F6N3O3. The van der Waals surface area contributed by atoms with Crippen LogP contribution in [0.15, 0.2) is 53.1 Å². The summed E-state index contributed by atoms with van der Waals surface area (Å²) in [6.45, 7) is 1.65. The molecule has 12 heteroatoms. The molecule has 2 aromatic carbocycles. The zero-order valence-corrected chi connectivity index (χ0v) is 20.2. The first-order valence-corrected chi connectivity index (χ1v) is 11.9. The maximum Gasteiger partial charge on any atom is 0.461 e. The Morgan fingerprint density at radius 2 is 1.74 bits per heavy atom. The van der Waals surface area contributed by atoms with Crippen molar-refractivity contribution < 1.29 is 40.4 Å². The van der Waals surface area contributed by atoms with Crippen molar-refractivity contribution in [1.29, 1.82) is 0 Å². The minimum absolute atomic E-state index is 0.121. The van der Waals surface area contributed by atoms with E-state index in [0.29, 0.717) is 11.8 Å². The van der Waals surface area contributed by atoms with Gasteiger partial charge in [-0.15, -0.1) is 0 Å². The standard InChI is InChI=1S/C26H25F6N3O3/c1-15-10-22(38-35-15)14-25(16-6-8-18(27)9-7-16,34-24(36)33-20-4-2-3-5-20)17-11-19(28)13-21(12-17)37-26(31,32)23(29)30/h6-13,20,23H,2-5,14H2,1H3,(H2,33,34,36)/t25-/m0/s1. The molecule has 0 aliphatic heterocycles. The van der Waals surface area contributed by atoms with Crippen LogP contribution in [0.4, 0.5) is 31.1 Å². The number of urea groups is 1. The molecule has 1 aliphatic rings. The van der Waals surface area contributed by atoms with Crippen molar-refractivity contribution >= 4 is 6.03 Å². The van der Waals surface area contributed by atoms with Crippen LogP contribution in [0.3, 0.4) is 0 Å². The van der Waals surface area contributed by atoms with Crippen LogP contribution >= 0.6 is 0 Å². The quantitative estimate of drug-likeness (QED) is 0.315. The maximum atomic E-state index is 14.8. The largest absolute Gasteiger partial charge is 0.461 e. The van der Waals surface area contributed by atoms with Gasteiger partial charge < -0.3 is 19.9 Å². The lowest BCUT2D eigenvalue weighted by Gasteiger charge is -2.36. The lowest BCUT2D eigenvalue weighted by molar-refractivity contribution is -0.253. The first-order valence-electron chi connectivity index (χ1n) is 11.9. The molecule has 2 N–H and O–H groups in total. The third kappa shape index (κ3) is 6.22. The van der Waals surface area contributed by atoms with Gasteiger partial charge in [-0.05, 0) is 55.2 Å². The summed E-state index contributed by atoms with van der Waals surface area (Å²) in [6.07, 6.45) is -5.95. The molecule has 1 heterocycles. The third-order valence-corrected chi connectivity index (χ3v) is 6.34. The molecule has 2 amide bonds. The van der Waals surface area contributed by atoms with Gasteiger partial charge in [-0.2, -0.15) is 17.6 Å². The molecule has 1 fully saturated rings. The number of halogens is 6. The Hall–Kier alpha value is -3.70. The van der Waals surface area contributed by atoms with Crippen molar-refractivity contribution in [2.75, 3.05) is 0 Å². The van der Waals surface area contributed by atoms with Gasteiger partial charge in [-0.1, -0.05) is 30.1 Å². The number of aryl methyl sites for hydroxylation is 1. The van der Waals surface area contributed by atoms with E-state index in [0.717, 1.165) is 49.9 Å². The van der Waals surface area contributed by atoms with Gasteiger partial charge in [0.25, 0.3) is 0 Å². The van der Waals surface area contributed by atoms with E-state index in [4.69, 9.17) is 4.52 Å². The third-order valence-electron chi connectivity index (χ3n) is 6.34. The molecule has 204 valence electrons. The summed E-state index contributed by atoms with van der Waals surface area (Å²) >= 11 is 0. The van der Waals surface area contributed by atoms with Gasteiger partial charge in [0.2, 0.25) is 0 Å². The Balaban J connectivity index is 1.86. The van der Waals surface area contributed by atoms with E-state index in [1.165, 1.54) is 12.1 Å². The number of carbonyl (C=O) groups is 1. The number of hydrogen-bond acceptors (Lipinski definition) is 4. The van der Waals surface area contributed by atoms with E-state index in [2.05, 4.69) is 20.5 Å². The van der Waals surface area contributed by atoms with Crippen LogP contribution in [0.1, 0.15) is 48.3 Å². The van der Waals surface area contributed by atoms with Gasteiger partial charge in [-0.25, -0.2) is 13.6 Å². The molecule has 0 radical (unpaired) electrons. The lowest BCUT2D eigenvalue weighted by atomic mass is 9.79. The van der Waals surface area contributed by atoms with Crippen molar-refractivity contribution in [2.24, 2.45) is 0 Å². The minimum atomic E-state index is -4.90. The molecular weight excluding hydrogens is 516 g/mol. The second-order valence-corrected chi connectivity index (χ2v) is 9.24. The fraction of sp³-hybridized carbons (Fsp3) is 0.385. The molecule has 1 saturated carbocycles. The number of alkyl halides is 4. The predicted molar refractivity (Wildman–Crippen MR) is 124 cm³/mol. The van der Waals surface area contributed by atoms with E-state index in [-0.39, 0.29) is 29.3 Å². The first-order chi connectivity index (χ1) is 18.0. The van der Waals surface area contributed by atoms with E-state index < -0.39 is 41.5 Å². The molecule has 0 bridgehead atoms. The van der Waals surface area contributed by atoms with Gasteiger partial charge in [0, 0.05) is 24.6 Å². The maximum absolute atomic E-state index is 14.8. The molecule has 38 heavy (non-hydrogen) atoms. The highest BCUT2D eigenvalue weighted by atomic mass is 19.3. The summed E-state index contributed by atoms with van der Waals surface area (Å²) in [5, 5.41) is 9.46. The molecule has 1 aliphatic carbocycles. The Kier molecular flexibility index (Phi) is 7.89. The molecule has 4 rings (SSSR count). The van der Waals surface area contributed by atoms with Crippen LogP contribution in [0.2, 0.25) is 0 Å². The lowest BCUT2D eigenvalue weighted by Crippen LogP contribution is -2.53. The van der Waals surface area contributed by atoms with Gasteiger partial charge in [0.15, 0.2) is 0 Å². The summed E-state index contributed by atoms with van der Waals surface area (Å²) in [7, 11) is 0. The van der Waals surface area contributed by atoms with Crippen molar-refractivity contribution in [1.82, 2.24) is 15.8 Å². The molecule has 1 aromatic heterocycles. The predicted octanol–water partition coefficient (Wildman–Crippen LogP) is 6.23. The zero-order valence-electron chi connectivity index (χ0n) is 20.2. The van der Waals surface area contributed by atoms with Crippen molar-refractivity contribution in [3.8, 4) is 5.75 Å². The summed E-state index contributed by atoms with van der Waals surface area (Å²) in [5.41, 5.74) is -1.17. The second-order valence-electron chi connectivity index (χ2n) is 9.24. The minimum Gasteiger partial charge on any atom is -0.428 e. The summed E-state index contributed by atoms with van der Waals surface area (Å²) in [6, 6.07) is 8.01. The highest BCUT2D eigenvalue weighted by Gasteiger charge is 2.45. The van der Waals surface area contributed by atoms with Crippen molar-refractivity contribution in [3.63, 3.8) is 0 Å². The summed E-state index contributed by atoms with van der Waals surface area (Å²) in [5.74, 6) is -2.38. The number of nitrogens with zero attached hydrogens (tertiary/aromatic N) is 1. The molecule has 0 unspecified atom stereocenters. The number of rotatable bonds is 9. The Morgan fingerprint density at radius 3 is 2.34 bits per heavy atom. The monoisotopic (exact) mass is 541 g/mol. The number of nitrogens with one attached hydrogen (secondary N) is 2. The molecule has 0 spiro atoms. The second kappa shape index (κ2) is 11.0. The van der Waals surface area contributed by atoms with Crippen LogP contribution < -0.4 is 15.4 Å². The number of benzene rings is 2. The van der Waals surface area contributed by atoms with Crippen LogP contribution in [-0.4, -0.2) is 29.8 Å². The van der Waals surface area contributed by atoms with Crippen LogP contribution in [-0.2, 0) is 12.0 Å². The molecule has 1 atom stereocenters. The average molecular weight is 541 g/mol. The highest BCUT2D eigenvalue weighted by Crippen LogP contribution is 2.38. The number of hydrogen-bond donors (Lipinski definition) is 2. The summed E-state index contributed by atoms with van der Waals surface area (Å²) < 4.78 is 91.2. The van der Waals surface area contributed by atoms with Crippen LogP contribution in [0.25, 0.3) is 0 Å². The first kappa shape index (κ1) is 27.3. The highest BCUT2D eigenvalue weighted by molar-refractivity contribution is 5.76. The van der Waals surface area contributed by atoms with Crippen molar-refractivity contribution in [3.05, 3.63) is 82.7 Å². The van der Waals surface area contributed by atoms with E-state index in [1.807, 2.05) is 0 Å².